The summed E-state index contributed by atoms with van der Waals surface area (Å²) in [4.78, 5) is 0. The van der Waals surface area contributed by atoms with Crippen LogP contribution in [0.2, 0.25) is 5.02 Å². The average Bonchev–Trinajstić information content (AvgIpc) is 2.94. The fourth-order valence-corrected chi connectivity index (χ4v) is 2.09. The molecule has 4 nitrogen and oxygen atoms in total. The number of nitrogens with one attached hydrogen (secondary N) is 1. The molecule has 0 amide bonds. The predicted octanol–water partition coefficient (Wildman–Crippen LogP) is 3.29. The molecule has 0 bridgehead atoms. The van der Waals surface area contributed by atoms with Gasteiger partial charge in [0.1, 0.15) is 12.4 Å². The lowest BCUT2D eigenvalue weighted by molar-refractivity contribution is 0.268. The van der Waals surface area contributed by atoms with Crippen LogP contribution in [0.5, 0.6) is 5.75 Å². The summed E-state index contributed by atoms with van der Waals surface area (Å²) in [5.74, 6) is 0.820. The van der Waals surface area contributed by atoms with Crippen molar-refractivity contribution in [1.29, 1.82) is 0 Å². The highest BCUT2D eigenvalue weighted by molar-refractivity contribution is 6.30. The summed E-state index contributed by atoms with van der Waals surface area (Å²) in [7, 11) is 0. The molecule has 0 saturated carbocycles. The Morgan fingerprint density at radius 3 is 2.65 bits per heavy atom. The van der Waals surface area contributed by atoms with Crippen LogP contribution in [0.4, 0.5) is 0 Å². The van der Waals surface area contributed by atoms with E-state index in [2.05, 4.69) is 30.5 Å². The van der Waals surface area contributed by atoms with Gasteiger partial charge in [0.05, 0.1) is 12.2 Å². The normalized spacial score (nSPS) is 12.3. The highest BCUT2D eigenvalue weighted by Crippen LogP contribution is 2.18. The minimum atomic E-state index is 0.135. The molecule has 5 heteroatoms. The quantitative estimate of drug-likeness (QED) is 0.851. The van der Waals surface area contributed by atoms with Gasteiger partial charge in [-0.3, -0.25) is 4.68 Å². The number of aromatic nitrogens is 2. The van der Waals surface area contributed by atoms with Gasteiger partial charge in [-0.2, -0.15) is 5.10 Å². The van der Waals surface area contributed by atoms with Gasteiger partial charge in [0.15, 0.2) is 0 Å². The van der Waals surface area contributed by atoms with Crippen LogP contribution >= 0.6 is 11.6 Å². The predicted molar refractivity (Wildman–Crippen MR) is 81.3 cm³/mol. The summed E-state index contributed by atoms with van der Waals surface area (Å²) in [6.07, 6.45) is 3.95. The average molecular weight is 294 g/mol. The first-order chi connectivity index (χ1) is 9.72. The Kier molecular flexibility index (Phi) is 5.44. The fraction of sp³-hybridized carbons (Fsp3) is 0.400. The van der Waals surface area contributed by atoms with Gasteiger partial charge in [-0.15, -0.1) is 0 Å². The lowest BCUT2D eigenvalue weighted by Gasteiger charge is -2.17. The number of likely N-dealkylation sites (N-methyl/N-ethyl adjacent to an activating group) is 1. The number of rotatable bonds is 7. The molecule has 1 aromatic carbocycles. The van der Waals surface area contributed by atoms with Crippen molar-refractivity contribution < 1.29 is 4.74 Å². The first kappa shape index (κ1) is 14.9. The zero-order valence-corrected chi connectivity index (χ0v) is 12.6. The van der Waals surface area contributed by atoms with Gasteiger partial charge < -0.3 is 10.1 Å². The maximum Gasteiger partial charge on any atom is 0.119 e. The highest BCUT2D eigenvalue weighted by Gasteiger charge is 2.13. The van der Waals surface area contributed by atoms with Crippen LogP contribution in [0.25, 0.3) is 0 Å². The number of hydrogen-bond acceptors (Lipinski definition) is 3. The van der Waals surface area contributed by atoms with E-state index in [1.807, 2.05) is 35.1 Å². The van der Waals surface area contributed by atoms with Crippen LogP contribution < -0.4 is 10.1 Å². The van der Waals surface area contributed by atoms with Crippen LogP contribution in [0.15, 0.2) is 36.7 Å². The molecule has 0 aliphatic rings. The highest BCUT2D eigenvalue weighted by atomic mass is 35.5. The minimum absolute atomic E-state index is 0.135. The molecule has 1 N–H and O–H groups in total. The smallest absolute Gasteiger partial charge is 0.119 e. The molecule has 0 spiro atoms. The molecular weight excluding hydrogens is 274 g/mol. The molecule has 0 aliphatic heterocycles. The van der Waals surface area contributed by atoms with E-state index in [9.17, 15) is 0 Å². The van der Waals surface area contributed by atoms with E-state index >= 15 is 0 Å². The van der Waals surface area contributed by atoms with Gasteiger partial charge >= 0.3 is 0 Å². The van der Waals surface area contributed by atoms with Gasteiger partial charge in [0, 0.05) is 23.3 Å². The SMILES string of the molecule is CCNC(COc1ccc(Cl)cc1)c1cnn(CC)c1. The Morgan fingerprint density at radius 2 is 2.05 bits per heavy atom. The zero-order valence-electron chi connectivity index (χ0n) is 11.8. The second-order valence-electron chi connectivity index (χ2n) is 4.50. The standard InChI is InChI=1S/C15H20ClN3O/c1-3-17-15(12-9-18-19(4-2)10-12)11-20-14-7-5-13(16)6-8-14/h5-10,15,17H,3-4,11H2,1-2H3. The summed E-state index contributed by atoms with van der Waals surface area (Å²) in [5, 5.41) is 8.43. The first-order valence-corrected chi connectivity index (χ1v) is 7.24. The van der Waals surface area contributed by atoms with Crippen LogP contribution in [0.3, 0.4) is 0 Å². The Hall–Kier alpha value is -1.52. The van der Waals surface area contributed by atoms with E-state index in [-0.39, 0.29) is 6.04 Å². The number of halogens is 1. The van der Waals surface area contributed by atoms with Gasteiger partial charge in [-0.05, 0) is 37.7 Å². The van der Waals surface area contributed by atoms with E-state index in [1.165, 1.54) is 0 Å². The molecule has 1 unspecified atom stereocenters. The molecule has 0 radical (unpaired) electrons. The Balaban J connectivity index is 2.00. The molecule has 2 rings (SSSR count). The third-order valence-electron chi connectivity index (χ3n) is 3.06. The van der Waals surface area contributed by atoms with Crippen LogP contribution in [-0.2, 0) is 6.54 Å². The lowest BCUT2D eigenvalue weighted by atomic mass is 10.2. The van der Waals surface area contributed by atoms with Crippen molar-refractivity contribution in [3.63, 3.8) is 0 Å². The molecule has 0 aliphatic carbocycles. The maximum atomic E-state index is 5.86. The van der Waals surface area contributed by atoms with Gasteiger partial charge in [0.25, 0.3) is 0 Å². The monoisotopic (exact) mass is 293 g/mol. The largest absolute Gasteiger partial charge is 0.492 e. The molecule has 1 heterocycles. The Morgan fingerprint density at radius 1 is 1.30 bits per heavy atom. The molecule has 2 aromatic rings. The summed E-state index contributed by atoms with van der Waals surface area (Å²) in [6, 6.07) is 7.54. The zero-order chi connectivity index (χ0) is 14.4. The van der Waals surface area contributed by atoms with Gasteiger partial charge in [-0.25, -0.2) is 0 Å². The first-order valence-electron chi connectivity index (χ1n) is 6.87. The molecule has 1 aromatic heterocycles. The van der Waals surface area contributed by atoms with Gasteiger partial charge in [0.2, 0.25) is 0 Å². The minimum Gasteiger partial charge on any atom is -0.492 e. The maximum absolute atomic E-state index is 5.86. The van der Waals surface area contributed by atoms with Crippen LogP contribution in [-0.4, -0.2) is 22.9 Å². The topological polar surface area (TPSA) is 39.1 Å². The molecule has 108 valence electrons. The van der Waals surface area contributed by atoms with Crippen molar-refractivity contribution in [2.24, 2.45) is 0 Å². The van der Waals surface area contributed by atoms with Crippen molar-refractivity contribution in [2.45, 2.75) is 26.4 Å². The number of nitrogens with zero attached hydrogens (tertiary/aromatic N) is 2. The number of ether oxygens (including phenoxy) is 1. The molecule has 0 fully saturated rings. The second-order valence-corrected chi connectivity index (χ2v) is 4.94. The third kappa shape index (κ3) is 3.99. The van der Waals surface area contributed by atoms with Crippen LogP contribution in [0, 0.1) is 0 Å². The molecule has 20 heavy (non-hydrogen) atoms. The van der Waals surface area contributed by atoms with Crippen molar-refractivity contribution in [3.05, 3.63) is 47.2 Å². The van der Waals surface area contributed by atoms with E-state index < -0.39 is 0 Å². The summed E-state index contributed by atoms with van der Waals surface area (Å²) in [5.41, 5.74) is 1.14. The number of aryl methyl sites for hydroxylation is 1. The Bertz CT molecular complexity index is 524. The van der Waals surface area contributed by atoms with E-state index in [0.717, 1.165) is 24.4 Å². The summed E-state index contributed by atoms with van der Waals surface area (Å²) < 4.78 is 7.73. The second kappa shape index (κ2) is 7.31. The molecular formula is C15H20ClN3O. The molecule has 1 atom stereocenters. The van der Waals surface area contributed by atoms with E-state index in [1.54, 1.807) is 0 Å². The van der Waals surface area contributed by atoms with E-state index in [0.29, 0.717) is 11.6 Å². The van der Waals surface area contributed by atoms with Gasteiger partial charge in [-0.1, -0.05) is 18.5 Å². The lowest BCUT2D eigenvalue weighted by Crippen LogP contribution is -2.26. The summed E-state index contributed by atoms with van der Waals surface area (Å²) in [6.45, 7) is 6.47. The van der Waals surface area contributed by atoms with Crippen molar-refractivity contribution in [2.75, 3.05) is 13.2 Å². The summed E-state index contributed by atoms with van der Waals surface area (Å²) >= 11 is 5.86. The third-order valence-corrected chi connectivity index (χ3v) is 3.31. The van der Waals surface area contributed by atoms with Crippen molar-refractivity contribution >= 4 is 11.6 Å². The van der Waals surface area contributed by atoms with Crippen LogP contribution in [0.1, 0.15) is 25.5 Å². The molecule has 0 saturated heterocycles. The number of hydrogen-bond donors (Lipinski definition) is 1. The van der Waals surface area contributed by atoms with E-state index in [4.69, 9.17) is 16.3 Å². The Labute approximate surface area is 124 Å². The fourth-order valence-electron chi connectivity index (χ4n) is 1.96. The van der Waals surface area contributed by atoms with Crippen molar-refractivity contribution in [1.82, 2.24) is 15.1 Å². The number of benzene rings is 1. The van der Waals surface area contributed by atoms with Crippen molar-refractivity contribution in [3.8, 4) is 5.75 Å².